The summed E-state index contributed by atoms with van der Waals surface area (Å²) in [6.45, 7) is 4.40. The molecule has 45 heavy (non-hydrogen) atoms. The number of hydrogen-bond acceptors (Lipinski definition) is 1. The number of anilines is 1. The minimum absolute atomic E-state index is 0.240. The highest BCUT2D eigenvalue weighted by Crippen LogP contribution is 2.33. The third kappa shape index (κ3) is 5.47. The molecule has 0 bridgehead atoms. The zero-order valence-corrected chi connectivity index (χ0v) is 25.7. The van der Waals surface area contributed by atoms with Gasteiger partial charge in [0.15, 0.2) is 0 Å². The van der Waals surface area contributed by atoms with Crippen LogP contribution in [-0.4, -0.2) is 4.57 Å². The quantitative estimate of drug-likeness (QED) is 0.202. The first kappa shape index (κ1) is 28.2. The number of allylic oxidation sites excluding steroid dienone is 4. The van der Waals surface area contributed by atoms with Gasteiger partial charge in [-0.15, -0.1) is 0 Å². The molecule has 2 nitrogen and oxygen atoms in total. The first-order valence-electron chi connectivity index (χ1n) is 15.6. The summed E-state index contributed by atoms with van der Waals surface area (Å²) in [5.41, 5.74) is 14.6. The zero-order chi connectivity index (χ0) is 30.8. The lowest BCUT2D eigenvalue weighted by molar-refractivity contribution is 0.962. The summed E-state index contributed by atoms with van der Waals surface area (Å²) in [6, 6.07) is 51.6. The molecule has 0 aliphatic carbocycles. The van der Waals surface area contributed by atoms with E-state index in [1.54, 1.807) is 0 Å². The molecule has 1 unspecified atom stereocenters. The van der Waals surface area contributed by atoms with Gasteiger partial charge in [-0.1, -0.05) is 140 Å². The van der Waals surface area contributed by atoms with Crippen molar-refractivity contribution in [1.29, 1.82) is 0 Å². The average molecular weight is 581 g/mol. The SMILES string of the molecule is C/C(=C\C=C/C(C)c1cccc(-n2c3ccccc3c3ccccc32)c1)c1cccc2ccccc2c2ccccc2c(N)c1. The standard InChI is InChI=1S/C43H36N2/c1-30(33-19-13-20-35(28-33)45-42-26-9-7-24-39(42)40-25-8-10-27-43(40)45)14-11-15-31(2)34-18-12-17-32-16-3-4-21-36(32)37-22-5-6-23-38(37)41(44)29-34/h3-30H,44H2,1-2H3/b14-11-,17-12?,18-12?,31-15+,32-17?,34-18?,34-29?,37-36?,41-29?,41-38?. The van der Waals surface area contributed by atoms with E-state index in [0.717, 1.165) is 27.6 Å². The van der Waals surface area contributed by atoms with Crippen molar-refractivity contribution in [1.82, 2.24) is 4.57 Å². The van der Waals surface area contributed by atoms with Gasteiger partial charge in [-0.25, -0.2) is 0 Å². The molecule has 0 aliphatic rings. The lowest BCUT2D eigenvalue weighted by atomic mass is 9.99. The van der Waals surface area contributed by atoms with Gasteiger partial charge in [0.05, 0.1) is 11.0 Å². The number of rotatable bonds is 5. The Morgan fingerprint density at radius 3 is 1.91 bits per heavy atom. The van der Waals surface area contributed by atoms with E-state index >= 15 is 0 Å². The fraction of sp³-hybridized carbons (Fsp3) is 0.0698. The number of nitrogens with zero attached hydrogens (tertiary/aromatic N) is 1. The number of aromatic nitrogens is 1. The van der Waals surface area contributed by atoms with E-state index in [1.807, 2.05) is 0 Å². The van der Waals surface area contributed by atoms with Crippen LogP contribution in [0.15, 0.2) is 164 Å². The molecule has 1 heterocycles. The predicted octanol–water partition coefficient (Wildman–Crippen LogP) is 11.6. The maximum atomic E-state index is 6.75. The highest BCUT2D eigenvalue weighted by molar-refractivity contribution is 6.10. The summed E-state index contributed by atoms with van der Waals surface area (Å²) in [6.07, 6.45) is 6.62. The van der Waals surface area contributed by atoms with Crippen molar-refractivity contribution in [3.63, 3.8) is 0 Å². The first-order chi connectivity index (χ1) is 22.1. The van der Waals surface area contributed by atoms with E-state index < -0.39 is 0 Å². The van der Waals surface area contributed by atoms with Crippen molar-refractivity contribution in [3.05, 3.63) is 175 Å². The molecule has 1 aromatic heterocycles. The van der Waals surface area contributed by atoms with Crippen LogP contribution in [0.1, 0.15) is 30.9 Å². The first-order valence-corrected chi connectivity index (χ1v) is 15.6. The summed E-state index contributed by atoms with van der Waals surface area (Å²) in [5.74, 6) is 0.240. The van der Waals surface area contributed by atoms with Gasteiger partial charge in [-0.3, -0.25) is 0 Å². The third-order valence-corrected chi connectivity index (χ3v) is 8.79. The molecule has 0 radical (unpaired) electrons. The molecule has 7 aromatic rings. The summed E-state index contributed by atoms with van der Waals surface area (Å²) in [5, 5.41) is 7.11. The molecule has 0 spiro atoms. The van der Waals surface area contributed by atoms with Crippen LogP contribution in [0.25, 0.3) is 54.6 Å². The lowest BCUT2D eigenvalue weighted by Crippen LogP contribution is -1.96. The molecule has 0 saturated heterocycles. The van der Waals surface area contributed by atoms with Gasteiger partial charge >= 0.3 is 0 Å². The number of fused-ring (bicyclic) bond motifs is 6. The number of para-hydroxylation sites is 2. The fourth-order valence-corrected chi connectivity index (χ4v) is 6.37. The highest BCUT2D eigenvalue weighted by Gasteiger charge is 2.12. The summed E-state index contributed by atoms with van der Waals surface area (Å²) < 4.78 is 2.38. The number of benzene rings is 5. The van der Waals surface area contributed by atoms with E-state index in [4.69, 9.17) is 5.73 Å². The molecule has 2 heteroatoms. The van der Waals surface area contributed by atoms with E-state index in [2.05, 4.69) is 182 Å². The van der Waals surface area contributed by atoms with Crippen molar-refractivity contribution >= 4 is 54.6 Å². The van der Waals surface area contributed by atoms with Gasteiger partial charge in [-0.2, -0.15) is 0 Å². The number of nitrogens with two attached hydrogens (primary N) is 1. The summed E-state index contributed by atoms with van der Waals surface area (Å²) in [7, 11) is 0. The molecule has 0 fully saturated rings. The Hall–Kier alpha value is -5.60. The van der Waals surface area contributed by atoms with E-state index in [9.17, 15) is 0 Å². The van der Waals surface area contributed by atoms with Crippen LogP contribution in [0.3, 0.4) is 0 Å². The van der Waals surface area contributed by atoms with Gasteiger partial charge < -0.3 is 10.3 Å². The topological polar surface area (TPSA) is 30.9 Å². The summed E-state index contributed by atoms with van der Waals surface area (Å²) >= 11 is 0. The number of hydrogen-bond donors (Lipinski definition) is 1. The van der Waals surface area contributed by atoms with Crippen LogP contribution < -0.4 is 5.73 Å². The second kappa shape index (κ2) is 12.2. The van der Waals surface area contributed by atoms with Gasteiger partial charge in [0.2, 0.25) is 0 Å². The van der Waals surface area contributed by atoms with Crippen molar-refractivity contribution in [2.75, 3.05) is 5.73 Å². The second-order valence-electron chi connectivity index (χ2n) is 11.7. The second-order valence-corrected chi connectivity index (χ2v) is 11.7. The molecule has 218 valence electrons. The lowest BCUT2D eigenvalue weighted by Gasteiger charge is -2.12. The maximum Gasteiger partial charge on any atom is 0.0541 e. The fourth-order valence-electron chi connectivity index (χ4n) is 6.37. The molecule has 0 aliphatic heterocycles. The molecule has 6 aromatic carbocycles. The minimum atomic E-state index is 0.240. The van der Waals surface area contributed by atoms with Gasteiger partial charge in [0.1, 0.15) is 0 Å². The smallest absolute Gasteiger partial charge is 0.0541 e. The van der Waals surface area contributed by atoms with Crippen LogP contribution >= 0.6 is 0 Å². The van der Waals surface area contributed by atoms with Crippen LogP contribution in [0, 0.1) is 0 Å². The van der Waals surface area contributed by atoms with Crippen LogP contribution in [0.4, 0.5) is 5.69 Å². The Balaban J connectivity index is 1.22. The number of nitrogen functional groups attached to an aromatic ring is 1. The molecule has 0 saturated carbocycles. The minimum Gasteiger partial charge on any atom is -0.398 e. The van der Waals surface area contributed by atoms with Gasteiger partial charge in [0, 0.05) is 27.5 Å². The van der Waals surface area contributed by atoms with Crippen LogP contribution in [-0.2, 0) is 0 Å². The van der Waals surface area contributed by atoms with Gasteiger partial charge in [0.25, 0.3) is 0 Å². The molecular weight excluding hydrogens is 544 g/mol. The Morgan fingerprint density at radius 2 is 1.18 bits per heavy atom. The van der Waals surface area contributed by atoms with E-state index in [-0.39, 0.29) is 5.92 Å². The molecular formula is C43H36N2. The Morgan fingerprint density at radius 1 is 0.600 bits per heavy atom. The maximum absolute atomic E-state index is 6.75. The largest absolute Gasteiger partial charge is 0.398 e. The van der Waals surface area contributed by atoms with E-state index in [1.165, 1.54) is 43.8 Å². The Labute approximate surface area is 264 Å². The average Bonchev–Trinajstić information content (AvgIpc) is 3.42. The normalized spacial score (nSPS) is 12.7. The zero-order valence-electron chi connectivity index (χ0n) is 25.7. The Bertz CT molecular complexity index is 2260. The van der Waals surface area contributed by atoms with Gasteiger partial charge in [-0.05, 0) is 76.0 Å². The monoisotopic (exact) mass is 580 g/mol. The van der Waals surface area contributed by atoms with E-state index in [0.29, 0.717) is 0 Å². The molecule has 1 atom stereocenters. The van der Waals surface area contributed by atoms with Crippen molar-refractivity contribution in [2.45, 2.75) is 19.8 Å². The molecule has 2 N–H and O–H groups in total. The van der Waals surface area contributed by atoms with Crippen molar-refractivity contribution in [2.24, 2.45) is 0 Å². The van der Waals surface area contributed by atoms with Crippen LogP contribution in [0.2, 0.25) is 0 Å². The van der Waals surface area contributed by atoms with Crippen molar-refractivity contribution < 1.29 is 0 Å². The highest BCUT2D eigenvalue weighted by atomic mass is 15.0. The van der Waals surface area contributed by atoms with Crippen molar-refractivity contribution in [3.8, 4) is 5.69 Å². The predicted molar refractivity (Wildman–Crippen MR) is 195 cm³/mol. The Kier molecular flexibility index (Phi) is 7.63. The third-order valence-electron chi connectivity index (χ3n) is 8.79. The molecule has 0 amide bonds. The summed E-state index contributed by atoms with van der Waals surface area (Å²) in [4.78, 5) is 0. The molecule has 7 rings (SSSR count). The van der Waals surface area contributed by atoms with Crippen LogP contribution in [0.5, 0.6) is 0 Å².